The van der Waals surface area contributed by atoms with Crippen molar-refractivity contribution < 1.29 is 5.11 Å². The van der Waals surface area contributed by atoms with E-state index in [4.69, 9.17) is 0 Å². The monoisotopic (exact) mass is 226 g/mol. The van der Waals surface area contributed by atoms with Gasteiger partial charge in [-0.15, -0.1) is 12.6 Å². The Hall–Kier alpha value is 0.0500. The van der Waals surface area contributed by atoms with E-state index >= 15 is 0 Å². The predicted octanol–water partition coefficient (Wildman–Crippen LogP) is 3.40. The molecule has 2 aliphatic rings. The average Bonchev–Trinajstić information content (AvgIpc) is 2.43. The highest BCUT2D eigenvalue weighted by atomic mass is 32.1. The zero-order valence-corrected chi connectivity index (χ0v) is 10.6. The minimum atomic E-state index is -0.408. The first-order valence-electron chi connectivity index (χ1n) is 6.14. The van der Waals surface area contributed by atoms with E-state index in [1.807, 2.05) is 0 Å². The molecule has 0 bridgehead atoms. The zero-order valence-electron chi connectivity index (χ0n) is 9.74. The Bertz CT molecular complexity index is 272. The molecule has 0 unspecified atom stereocenters. The Morgan fingerprint density at radius 2 is 2.20 bits per heavy atom. The molecule has 2 aliphatic carbocycles. The quantitative estimate of drug-likeness (QED) is 0.657. The lowest BCUT2D eigenvalue weighted by Crippen LogP contribution is -2.41. The molecule has 0 spiro atoms. The van der Waals surface area contributed by atoms with Crippen molar-refractivity contribution in [3.8, 4) is 0 Å². The number of hydrogen-bond donors (Lipinski definition) is 2. The Morgan fingerprint density at radius 1 is 1.47 bits per heavy atom. The number of fused-ring (bicyclic) bond motifs is 1. The minimum Gasteiger partial charge on any atom is -0.389 e. The van der Waals surface area contributed by atoms with Gasteiger partial charge in [-0.05, 0) is 54.8 Å². The molecular weight excluding hydrogens is 204 g/mol. The van der Waals surface area contributed by atoms with Gasteiger partial charge in [0.1, 0.15) is 0 Å². The summed E-state index contributed by atoms with van der Waals surface area (Å²) in [7, 11) is 0. The van der Waals surface area contributed by atoms with Crippen LogP contribution in [-0.2, 0) is 0 Å². The summed E-state index contributed by atoms with van der Waals surface area (Å²) in [4.78, 5) is 1.17. The summed E-state index contributed by atoms with van der Waals surface area (Å²) in [5.41, 5.74) is -0.408. The third-order valence-corrected chi connectivity index (χ3v) is 4.81. The largest absolute Gasteiger partial charge is 0.389 e. The smallest absolute Gasteiger partial charge is 0.0712 e. The molecule has 15 heavy (non-hydrogen) atoms. The van der Waals surface area contributed by atoms with Gasteiger partial charge in [0.05, 0.1) is 5.60 Å². The van der Waals surface area contributed by atoms with E-state index in [2.05, 4.69) is 32.6 Å². The third kappa shape index (κ3) is 1.99. The highest BCUT2D eigenvalue weighted by molar-refractivity contribution is 7.84. The van der Waals surface area contributed by atoms with Gasteiger partial charge in [0.15, 0.2) is 0 Å². The van der Waals surface area contributed by atoms with Crippen LogP contribution in [0.25, 0.3) is 0 Å². The van der Waals surface area contributed by atoms with E-state index in [9.17, 15) is 5.11 Å². The number of allylic oxidation sites excluding steroid dienone is 2. The molecule has 0 aromatic rings. The number of rotatable bonds is 1. The summed E-state index contributed by atoms with van der Waals surface area (Å²) >= 11 is 4.44. The Balaban J connectivity index is 2.20. The lowest BCUT2D eigenvalue weighted by molar-refractivity contribution is -0.0545. The fourth-order valence-corrected chi connectivity index (χ4v) is 3.73. The lowest BCUT2D eigenvalue weighted by atomic mass is 9.75. The lowest BCUT2D eigenvalue weighted by Gasteiger charge is -2.36. The molecule has 1 fully saturated rings. The summed E-state index contributed by atoms with van der Waals surface area (Å²) in [5, 5.41) is 10.9. The second kappa shape index (κ2) is 4.14. The van der Waals surface area contributed by atoms with Crippen LogP contribution in [0.5, 0.6) is 0 Å². The maximum Gasteiger partial charge on any atom is 0.0712 e. The van der Waals surface area contributed by atoms with Gasteiger partial charge in [0, 0.05) is 0 Å². The van der Waals surface area contributed by atoms with Crippen LogP contribution < -0.4 is 0 Å². The van der Waals surface area contributed by atoms with Crippen molar-refractivity contribution in [2.24, 2.45) is 17.8 Å². The van der Waals surface area contributed by atoms with Gasteiger partial charge in [-0.1, -0.05) is 19.9 Å². The van der Waals surface area contributed by atoms with Crippen LogP contribution in [0, 0.1) is 17.8 Å². The van der Waals surface area contributed by atoms with Crippen molar-refractivity contribution in [1.82, 2.24) is 0 Å². The minimum absolute atomic E-state index is 0.408. The Kier molecular flexibility index (Phi) is 3.18. The molecule has 0 radical (unpaired) electrons. The van der Waals surface area contributed by atoms with E-state index in [0.717, 1.165) is 19.3 Å². The summed E-state index contributed by atoms with van der Waals surface area (Å²) in [6.45, 7) is 4.48. The topological polar surface area (TPSA) is 20.2 Å². The van der Waals surface area contributed by atoms with Gasteiger partial charge in [0.2, 0.25) is 0 Å². The molecule has 0 aliphatic heterocycles. The Labute approximate surface area is 98.4 Å². The van der Waals surface area contributed by atoms with Crippen molar-refractivity contribution in [3.63, 3.8) is 0 Å². The number of hydrogen-bond acceptors (Lipinski definition) is 2. The highest BCUT2D eigenvalue weighted by Crippen LogP contribution is 2.50. The van der Waals surface area contributed by atoms with Crippen LogP contribution in [0.1, 0.15) is 46.0 Å². The summed E-state index contributed by atoms with van der Waals surface area (Å²) in [5.74, 6) is 1.58. The molecule has 0 aromatic heterocycles. The molecule has 0 heterocycles. The van der Waals surface area contributed by atoms with Gasteiger partial charge in [0.25, 0.3) is 0 Å². The molecule has 0 amide bonds. The van der Waals surface area contributed by atoms with Crippen molar-refractivity contribution >= 4 is 12.6 Å². The molecule has 0 saturated heterocycles. The van der Waals surface area contributed by atoms with Crippen molar-refractivity contribution in [2.75, 3.05) is 0 Å². The fraction of sp³-hybridized carbons (Fsp3) is 0.846. The van der Waals surface area contributed by atoms with E-state index in [1.165, 1.54) is 17.7 Å². The first kappa shape index (κ1) is 11.5. The van der Waals surface area contributed by atoms with Crippen LogP contribution in [0.4, 0.5) is 0 Å². The SMILES string of the molecule is CC(C)[C@@H]1CC[C@H]2CC=C(S)CC[C@]21O. The molecule has 1 saturated carbocycles. The van der Waals surface area contributed by atoms with E-state index in [-0.39, 0.29) is 0 Å². The maximum atomic E-state index is 10.9. The molecular formula is C13H22OS. The molecule has 3 atom stereocenters. The summed E-state index contributed by atoms with van der Waals surface area (Å²) in [6.07, 6.45) is 7.51. The third-order valence-electron chi connectivity index (χ3n) is 4.40. The van der Waals surface area contributed by atoms with Crippen molar-refractivity contribution in [1.29, 1.82) is 0 Å². The van der Waals surface area contributed by atoms with Gasteiger partial charge in [-0.25, -0.2) is 0 Å². The molecule has 2 heteroatoms. The van der Waals surface area contributed by atoms with E-state index in [0.29, 0.717) is 17.8 Å². The van der Waals surface area contributed by atoms with E-state index < -0.39 is 5.60 Å². The molecule has 1 N–H and O–H groups in total. The van der Waals surface area contributed by atoms with Crippen molar-refractivity contribution in [2.45, 2.75) is 51.6 Å². The normalized spacial score (nSPS) is 41.3. The molecule has 86 valence electrons. The second-order valence-electron chi connectivity index (χ2n) is 5.55. The van der Waals surface area contributed by atoms with Crippen LogP contribution >= 0.6 is 12.6 Å². The Morgan fingerprint density at radius 3 is 2.87 bits per heavy atom. The second-order valence-corrected chi connectivity index (χ2v) is 6.12. The number of thiol groups is 1. The van der Waals surface area contributed by atoms with Crippen molar-refractivity contribution in [3.05, 3.63) is 11.0 Å². The first-order chi connectivity index (χ1) is 7.04. The van der Waals surface area contributed by atoms with Gasteiger partial charge in [-0.3, -0.25) is 0 Å². The van der Waals surface area contributed by atoms with Crippen LogP contribution in [0.3, 0.4) is 0 Å². The fourth-order valence-electron chi connectivity index (χ4n) is 3.51. The predicted molar refractivity (Wildman–Crippen MR) is 66.9 cm³/mol. The summed E-state index contributed by atoms with van der Waals surface area (Å²) in [6, 6.07) is 0. The van der Waals surface area contributed by atoms with Crippen LogP contribution in [0.2, 0.25) is 0 Å². The standard InChI is InChI=1S/C13H22OS/c1-9(2)12-6-4-10-3-5-11(15)7-8-13(10,12)14/h5,9-10,12,14-15H,3-4,6-8H2,1-2H3/t10-,12+,13+/m1/s1. The summed E-state index contributed by atoms with van der Waals surface area (Å²) < 4.78 is 0. The molecule has 0 aromatic carbocycles. The maximum absolute atomic E-state index is 10.9. The molecule has 1 nitrogen and oxygen atoms in total. The first-order valence-corrected chi connectivity index (χ1v) is 6.59. The zero-order chi connectivity index (χ0) is 11.1. The van der Waals surface area contributed by atoms with E-state index in [1.54, 1.807) is 0 Å². The van der Waals surface area contributed by atoms with Gasteiger partial charge >= 0.3 is 0 Å². The van der Waals surface area contributed by atoms with Gasteiger partial charge < -0.3 is 5.11 Å². The molecule has 2 rings (SSSR count). The van der Waals surface area contributed by atoms with Crippen LogP contribution in [-0.4, -0.2) is 10.7 Å². The average molecular weight is 226 g/mol. The number of aliphatic hydroxyl groups is 1. The van der Waals surface area contributed by atoms with Crippen LogP contribution in [0.15, 0.2) is 11.0 Å². The van der Waals surface area contributed by atoms with Gasteiger partial charge in [-0.2, -0.15) is 0 Å². The highest BCUT2D eigenvalue weighted by Gasteiger charge is 2.49.